The highest BCUT2D eigenvalue weighted by Crippen LogP contribution is 2.25. The number of phenols is 1. The number of aliphatic imine (C=N–C) groups is 1. The summed E-state index contributed by atoms with van der Waals surface area (Å²) in [4.78, 5) is 99.6. The van der Waals surface area contributed by atoms with Crippen LogP contribution in [0, 0.1) is 5.92 Å². The highest BCUT2D eigenvalue weighted by Gasteiger charge is 2.41. The van der Waals surface area contributed by atoms with Gasteiger partial charge in [-0.2, -0.15) is 0 Å². The summed E-state index contributed by atoms with van der Waals surface area (Å²) in [7, 11) is 0. The number of nitrogens with two attached hydrogens (primary N) is 2. The van der Waals surface area contributed by atoms with E-state index in [0.717, 1.165) is 32.9 Å². The normalized spacial score (nSPS) is 22.5. The monoisotopic (exact) mass is 901 g/mol. The fraction of sp³-hybridized carbons (Fsp3) is 0.396. The number of nitrogens with zero attached hydrogens (tertiary/aromatic N) is 2. The standard InChI is InChI=1S/C48H59N11O7/c1-27(2)21-37-43(62)54-36(13-7-19-51-48(49)50)42(61)58-40(24-30-26-53-35-12-6-4-10-33(30)35)47(66)59-20-8-14-41(59)46(65)57-38(22-28-15-17-31(60)18-16-28)44(63)56-39(45(64)55-37)23-29-25-52-34-11-5-3-9-32(29)34/h3-6,9-12,15-18,25-27,36-41,52-53,60H,7-8,13-14,19-24H2,1-2H3,(H,54,62)(H,55,64)(H,56,63)(H,57,65)(H,58,61)(H4,49,50,51). The average molecular weight is 902 g/mol. The molecule has 0 saturated carbocycles. The van der Waals surface area contributed by atoms with Crippen LogP contribution in [0.25, 0.3) is 21.8 Å². The summed E-state index contributed by atoms with van der Waals surface area (Å²) in [5.41, 5.74) is 14.9. The molecule has 3 aromatic carbocycles. The molecule has 0 radical (unpaired) electrons. The van der Waals surface area contributed by atoms with Gasteiger partial charge in [0, 0.05) is 66.6 Å². The summed E-state index contributed by atoms with van der Waals surface area (Å²) < 4.78 is 0. The first kappa shape index (κ1) is 46.6. The van der Waals surface area contributed by atoms with E-state index in [1.807, 2.05) is 62.4 Å². The van der Waals surface area contributed by atoms with Crippen LogP contribution in [0.15, 0.2) is 90.2 Å². The quantitative estimate of drug-likeness (QED) is 0.0497. The highest BCUT2D eigenvalue weighted by molar-refractivity contribution is 5.99. The Bertz CT molecular complexity index is 2580. The Labute approximate surface area is 382 Å². The number of aromatic nitrogens is 2. The van der Waals surface area contributed by atoms with Crippen molar-refractivity contribution >= 4 is 63.2 Å². The van der Waals surface area contributed by atoms with Gasteiger partial charge in [0.1, 0.15) is 42.0 Å². The molecule has 18 heteroatoms. The molecular weight excluding hydrogens is 843 g/mol. The lowest BCUT2D eigenvalue weighted by Crippen LogP contribution is -2.62. The van der Waals surface area contributed by atoms with E-state index in [2.05, 4.69) is 41.5 Å². The van der Waals surface area contributed by atoms with Gasteiger partial charge in [0.15, 0.2) is 5.96 Å². The van der Waals surface area contributed by atoms with Gasteiger partial charge in [-0.3, -0.25) is 33.8 Å². The number of benzene rings is 3. The van der Waals surface area contributed by atoms with Crippen molar-refractivity contribution in [3.63, 3.8) is 0 Å². The van der Waals surface area contributed by atoms with Crippen LogP contribution in [0.4, 0.5) is 0 Å². The number of fused-ring (bicyclic) bond motifs is 3. The Kier molecular flexibility index (Phi) is 14.9. The second kappa shape index (κ2) is 21.1. The van der Waals surface area contributed by atoms with E-state index in [1.165, 1.54) is 17.0 Å². The van der Waals surface area contributed by atoms with Gasteiger partial charge < -0.3 is 58.0 Å². The van der Waals surface area contributed by atoms with Crippen LogP contribution in [-0.4, -0.2) is 111 Å². The number of guanidine groups is 1. The minimum atomic E-state index is -1.24. The first-order valence-corrected chi connectivity index (χ1v) is 22.5. The summed E-state index contributed by atoms with van der Waals surface area (Å²) >= 11 is 0. The fourth-order valence-corrected chi connectivity index (χ4v) is 8.86. The number of hydrogen-bond donors (Lipinski definition) is 10. The van der Waals surface area contributed by atoms with Crippen molar-refractivity contribution in [2.24, 2.45) is 22.4 Å². The second-order valence-corrected chi connectivity index (χ2v) is 17.6. The molecule has 4 heterocycles. The van der Waals surface area contributed by atoms with Gasteiger partial charge in [-0.1, -0.05) is 62.4 Å². The molecule has 66 heavy (non-hydrogen) atoms. The van der Waals surface area contributed by atoms with Gasteiger partial charge in [-0.25, -0.2) is 0 Å². The number of carbonyl (C=O) groups is 6. The molecule has 2 aliphatic heterocycles. The SMILES string of the molecule is CC(C)CC1NC(=O)C(Cc2c[nH]c3ccccc23)NC(=O)C(Cc2ccc(O)cc2)NC(=O)C2CCCN2C(=O)C(Cc2c[nH]c3ccccc23)NC(=O)C(CCCN=C(N)N)NC1=O. The average Bonchev–Trinajstić information content (AvgIpc) is 4.06. The minimum Gasteiger partial charge on any atom is -0.508 e. The zero-order valence-electron chi connectivity index (χ0n) is 37.1. The molecule has 7 rings (SSSR count). The zero-order valence-corrected chi connectivity index (χ0v) is 37.1. The van der Waals surface area contributed by atoms with E-state index >= 15 is 0 Å². The molecule has 6 amide bonds. The summed E-state index contributed by atoms with van der Waals surface area (Å²) in [6.45, 7) is 4.13. The first-order valence-electron chi connectivity index (χ1n) is 22.5. The third-order valence-electron chi connectivity index (χ3n) is 12.2. The third kappa shape index (κ3) is 11.5. The predicted molar refractivity (Wildman–Crippen MR) is 250 cm³/mol. The Hall–Kier alpha value is -7.37. The molecule has 0 bridgehead atoms. The molecule has 18 nitrogen and oxygen atoms in total. The predicted octanol–water partition coefficient (Wildman–Crippen LogP) is 1.91. The second-order valence-electron chi connectivity index (χ2n) is 17.6. The first-order chi connectivity index (χ1) is 31.7. The molecule has 2 aromatic heterocycles. The van der Waals surface area contributed by atoms with E-state index in [-0.39, 0.29) is 75.7 Å². The van der Waals surface area contributed by atoms with Gasteiger partial charge in [-0.05, 0) is 79.0 Å². The lowest BCUT2D eigenvalue weighted by molar-refractivity contribution is -0.142. The number of hydrogen-bond acceptors (Lipinski definition) is 8. The maximum atomic E-state index is 14.9. The topological polar surface area (TPSA) is 282 Å². The number of para-hydroxylation sites is 2. The molecule has 0 spiro atoms. The Balaban J connectivity index is 1.28. The Morgan fingerprint density at radius 2 is 1.18 bits per heavy atom. The summed E-state index contributed by atoms with van der Waals surface area (Å²) in [5, 5.41) is 26.2. The van der Waals surface area contributed by atoms with E-state index in [9.17, 15) is 33.9 Å². The summed E-state index contributed by atoms with van der Waals surface area (Å²) in [5.74, 6) is -3.96. The minimum absolute atomic E-state index is 0.00995. The number of carbonyl (C=O) groups excluding carboxylic acids is 6. The van der Waals surface area contributed by atoms with E-state index in [1.54, 1.807) is 24.5 Å². The van der Waals surface area contributed by atoms with Crippen molar-refractivity contribution in [1.82, 2.24) is 41.5 Å². The van der Waals surface area contributed by atoms with Crippen LogP contribution in [-0.2, 0) is 48.0 Å². The number of H-pyrrole nitrogens is 2. The third-order valence-corrected chi connectivity index (χ3v) is 12.2. The zero-order chi connectivity index (χ0) is 46.9. The van der Waals surface area contributed by atoms with E-state index in [4.69, 9.17) is 11.5 Å². The smallest absolute Gasteiger partial charge is 0.246 e. The molecule has 12 N–H and O–H groups in total. The number of aromatic amines is 2. The van der Waals surface area contributed by atoms with Crippen molar-refractivity contribution in [1.29, 1.82) is 0 Å². The Morgan fingerprint density at radius 1 is 0.667 bits per heavy atom. The van der Waals surface area contributed by atoms with Crippen LogP contribution >= 0.6 is 0 Å². The van der Waals surface area contributed by atoms with Gasteiger partial charge in [0.2, 0.25) is 35.4 Å². The molecule has 2 aliphatic rings. The van der Waals surface area contributed by atoms with Crippen molar-refractivity contribution in [3.05, 3.63) is 102 Å². The van der Waals surface area contributed by atoms with Crippen LogP contribution in [0.3, 0.4) is 0 Å². The van der Waals surface area contributed by atoms with Crippen molar-refractivity contribution in [3.8, 4) is 5.75 Å². The molecule has 6 atom stereocenters. The molecule has 2 fully saturated rings. The molecule has 6 unspecified atom stereocenters. The lowest BCUT2D eigenvalue weighted by atomic mass is 9.99. The van der Waals surface area contributed by atoms with Crippen LogP contribution in [0.2, 0.25) is 0 Å². The highest BCUT2D eigenvalue weighted by atomic mass is 16.3. The maximum absolute atomic E-state index is 14.9. The van der Waals surface area contributed by atoms with E-state index < -0.39 is 71.7 Å². The number of aromatic hydroxyl groups is 1. The molecular formula is C48H59N11O7. The largest absolute Gasteiger partial charge is 0.508 e. The van der Waals surface area contributed by atoms with E-state index in [0.29, 0.717) is 12.0 Å². The van der Waals surface area contributed by atoms with Gasteiger partial charge in [-0.15, -0.1) is 0 Å². The summed E-state index contributed by atoms with van der Waals surface area (Å²) in [6.07, 6.45) is 4.83. The lowest BCUT2D eigenvalue weighted by Gasteiger charge is -2.32. The van der Waals surface area contributed by atoms with Gasteiger partial charge in [0.25, 0.3) is 0 Å². The Morgan fingerprint density at radius 3 is 1.80 bits per heavy atom. The number of amides is 6. The van der Waals surface area contributed by atoms with Gasteiger partial charge in [0.05, 0.1) is 0 Å². The van der Waals surface area contributed by atoms with Crippen LogP contribution in [0.5, 0.6) is 5.75 Å². The summed E-state index contributed by atoms with van der Waals surface area (Å²) in [6, 6.07) is 14.2. The molecule has 348 valence electrons. The van der Waals surface area contributed by atoms with Crippen LogP contribution < -0.4 is 38.1 Å². The number of rotatable bonds is 12. The van der Waals surface area contributed by atoms with Gasteiger partial charge >= 0.3 is 0 Å². The van der Waals surface area contributed by atoms with Crippen molar-refractivity contribution in [2.75, 3.05) is 13.1 Å². The van der Waals surface area contributed by atoms with Crippen LogP contribution in [0.1, 0.15) is 62.6 Å². The fourth-order valence-electron chi connectivity index (χ4n) is 8.86. The number of nitrogens with one attached hydrogen (secondary N) is 7. The molecule has 0 aliphatic carbocycles. The van der Waals surface area contributed by atoms with Crippen molar-refractivity contribution in [2.45, 2.75) is 101 Å². The molecule has 2 saturated heterocycles. The molecule has 5 aromatic rings. The van der Waals surface area contributed by atoms with Crippen molar-refractivity contribution < 1.29 is 33.9 Å². The maximum Gasteiger partial charge on any atom is 0.246 e. The number of phenolic OH excluding ortho intramolecular Hbond substituents is 1.